The highest BCUT2D eigenvalue weighted by molar-refractivity contribution is 6.46. The van der Waals surface area contributed by atoms with Crippen LogP contribution in [0.3, 0.4) is 0 Å². The Labute approximate surface area is 209 Å². The number of carbonyl (C=O) groups excluding carboxylic acids is 2. The van der Waals surface area contributed by atoms with E-state index in [0.717, 1.165) is 29.8 Å². The zero-order chi connectivity index (χ0) is 25.7. The van der Waals surface area contributed by atoms with Crippen molar-refractivity contribution in [3.8, 4) is 5.75 Å². The minimum Gasteiger partial charge on any atom is -0.507 e. The lowest BCUT2D eigenvalue weighted by Gasteiger charge is -2.28. The first-order valence-electron chi connectivity index (χ1n) is 12.5. The van der Waals surface area contributed by atoms with Crippen LogP contribution in [0.5, 0.6) is 5.75 Å². The van der Waals surface area contributed by atoms with Crippen molar-refractivity contribution in [2.75, 3.05) is 32.8 Å². The first kappa shape index (κ1) is 26.5. The Kier molecular flexibility index (Phi) is 8.73. The maximum Gasteiger partial charge on any atom is 0.295 e. The number of likely N-dealkylation sites (tertiary alicyclic amines) is 1. The first-order valence-corrected chi connectivity index (χ1v) is 12.5. The highest BCUT2D eigenvalue weighted by Gasteiger charge is 2.46. The Morgan fingerprint density at radius 3 is 2.29 bits per heavy atom. The van der Waals surface area contributed by atoms with E-state index in [4.69, 9.17) is 4.74 Å². The Morgan fingerprint density at radius 2 is 1.71 bits per heavy atom. The molecule has 188 valence electrons. The third kappa shape index (κ3) is 5.93. The summed E-state index contributed by atoms with van der Waals surface area (Å²) in [5.74, 6) is -0.258. The molecule has 2 aromatic rings. The number of ketones is 1. The zero-order valence-electron chi connectivity index (χ0n) is 21.8. The SMILES string of the molecule is CCN(CC)CCN1C(=O)C(=O)/C(=C(/O)c2ccc(OCC(C)C)cc2C)[C@@H]1c1ccc(C)cc1. The Hall–Kier alpha value is -3.12. The van der Waals surface area contributed by atoms with Gasteiger partial charge < -0.3 is 19.6 Å². The molecule has 0 saturated carbocycles. The fourth-order valence-electron chi connectivity index (χ4n) is 4.39. The van der Waals surface area contributed by atoms with E-state index >= 15 is 0 Å². The van der Waals surface area contributed by atoms with Gasteiger partial charge in [0.25, 0.3) is 11.7 Å². The summed E-state index contributed by atoms with van der Waals surface area (Å²) in [6, 6.07) is 12.6. The number of ether oxygens (including phenoxy) is 1. The van der Waals surface area contributed by atoms with E-state index in [1.54, 1.807) is 17.0 Å². The summed E-state index contributed by atoms with van der Waals surface area (Å²) in [5, 5.41) is 11.4. The molecule has 1 aliphatic heterocycles. The van der Waals surface area contributed by atoms with E-state index in [1.807, 2.05) is 44.2 Å². The minimum atomic E-state index is -0.646. The normalized spacial score (nSPS) is 17.6. The van der Waals surface area contributed by atoms with Crippen molar-refractivity contribution in [2.45, 2.75) is 47.6 Å². The van der Waals surface area contributed by atoms with Gasteiger partial charge in [-0.2, -0.15) is 0 Å². The smallest absolute Gasteiger partial charge is 0.295 e. The third-order valence-electron chi connectivity index (χ3n) is 6.52. The van der Waals surface area contributed by atoms with Crippen molar-refractivity contribution in [3.63, 3.8) is 0 Å². The van der Waals surface area contributed by atoms with Gasteiger partial charge in [0.1, 0.15) is 11.5 Å². The van der Waals surface area contributed by atoms with Crippen LogP contribution in [0.15, 0.2) is 48.0 Å². The van der Waals surface area contributed by atoms with E-state index in [0.29, 0.717) is 36.9 Å². The summed E-state index contributed by atoms with van der Waals surface area (Å²) in [7, 11) is 0. The molecule has 0 radical (unpaired) electrons. The average molecular weight is 479 g/mol. The second-order valence-corrected chi connectivity index (χ2v) is 9.61. The van der Waals surface area contributed by atoms with Gasteiger partial charge in [0.05, 0.1) is 18.2 Å². The number of likely N-dealkylation sites (N-methyl/N-ethyl adjacent to an activating group) is 1. The predicted octanol–water partition coefficient (Wildman–Crippen LogP) is 5.10. The van der Waals surface area contributed by atoms with Gasteiger partial charge in [-0.05, 0) is 62.2 Å². The van der Waals surface area contributed by atoms with Gasteiger partial charge in [-0.3, -0.25) is 9.59 Å². The predicted molar refractivity (Wildman–Crippen MR) is 139 cm³/mol. The molecule has 1 heterocycles. The number of amides is 1. The Balaban J connectivity index is 2.05. The third-order valence-corrected chi connectivity index (χ3v) is 6.52. The number of aliphatic hydroxyl groups excluding tert-OH is 1. The standard InChI is InChI=1S/C29H38N2O4/c1-7-30(8-2)15-16-31-26(22-11-9-20(5)10-12-22)25(28(33)29(31)34)27(32)24-14-13-23(17-21(24)6)35-18-19(3)4/h9-14,17,19,26,32H,7-8,15-16,18H2,1-6H3/b27-25+/t26-/m0/s1. The summed E-state index contributed by atoms with van der Waals surface area (Å²) in [6.07, 6.45) is 0. The molecule has 0 aliphatic carbocycles. The minimum absolute atomic E-state index is 0.136. The molecule has 3 rings (SSSR count). The monoisotopic (exact) mass is 478 g/mol. The lowest BCUT2D eigenvalue weighted by Crippen LogP contribution is -2.38. The molecular formula is C29H38N2O4. The molecule has 1 N–H and O–H groups in total. The van der Waals surface area contributed by atoms with Crippen LogP contribution in [0, 0.1) is 19.8 Å². The summed E-state index contributed by atoms with van der Waals surface area (Å²) < 4.78 is 5.81. The molecule has 0 bridgehead atoms. The highest BCUT2D eigenvalue weighted by Crippen LogP contribution is 2.40. The van der Waals surface area contributed by atoms with Gasteiger partial charge in [-0.1, -0.05) is 57.5 Å². The van der Waals surface area contributed by atoms with E-state index in [2.05, 4.69) is 32.6 Å². The number of Topliss-reactive ketones (excluding diaryl/α,β-unsaturated/α-hetero) is 1. The lowest BCUT2D eigenvalue weighted by atomic mass is 9.93. The second kappa shape index (κ2) is 11.5. The number of nitrogens with zero attached hydrogens (tertiary/aromatic N) is 2. The molecule has 1 saturated heterocycles. The van der Waals surface area contributed by atoms with Crippen LogP contribution in [0.25, 0.3) is 5.76 Å². The van der Waals surface area contributed by atoms with Crippen LogP contribution >= 0.6 is 0 Å². The fraction of sp³-hybridized carbons (Fsp3) is 0.448. The van der Waals surface area contributed by atoms with Crippen molar-refractivity contribution in [2.24, 2.45) is 5.92 Å². The Morgan fingerprint density at radius 1 is 1.06 bits per heavy atom. The van der Waals surface area contributed by atoms with Crippen molar-refractivity contribution in [3.05, 3.63) is 70.3 Å². The van der Waals surface area contributed by atoms with Gasteiger partial charge in [0, 0.05) is 18.7 Å². The van der Waals surface area contributed by atoms with Gasteiger partial charge >= 0.3 is 0 Å². The Bertz CT molecular complexity index is 1080. The lowest BCUT2D eigenvalue weighted by molar-refractivity contribution is -0.140. The van der Waals surface area contributed by atoms with Crippen molar-refractivity contribution < 1.29 is 19.4 Å². The van der Waals surface area contributed by atoms with Crippen molar-refractivity contribution in [1.29, 1.82) is 0 Å². The molecule has 1 fully saturated rings. The topological polar surface area (TPSA) is 70.1 Å². The first-order chi connectivity index (χ1) is 16.7. The number of aliphatic hydroxyl groups is 1. The largest absolute Gasteiger partial charge is 0.507 e. The molecule has 0 spiro atoms. The molecule has 1 atom stereocenters. The summed E-state index contributed by atoms with van der Waals surface area (Å²) >= 11 is 0. The quantitative estimate of drug-likeness (QED) is 0.292. The number of benzene rings is 2. The van der Waals surface area contributed by atoms with Crippen molar-refractivity contribution >= 4 is 17.4 Å². The van der Waals surface area contributed by atoms with Crippen molar-refractivity contribution in [1.82, 2.24) is 9.80 Å². The van der Waals surface area contributed by atoms with Gasteiger partial charge in [0.2, 0.25) is 0 Å². The number of aryl methyl sites for hydroxylation is 2. The van der Waals surface area contributed by atoms with Crippen LogP contribution < -0.4 is 4.74 Å². The molecule has 35 heavy (non-hydrogen) atoms. The van der Waals surface area contributed by atoms with Crippen LogP contribution in [-0.2, 0) is 9.59 Å². The maximum atomic E-state index is 13.3. The zero-order valence-corrected chi connectivity index (χ0v) is 21.8. The number of hydrogen-bond donors (Lipinski definition) is 1. The maximum absolute atomic E-state index is 13.3. The van der Waals surface area contributed by atoms with Gasteiger partial charge in [0.15, 0.2) is 0 Å². The molecule has 1 amide bonds. The van der Waals surface area contributed by atoms with Crippen LogP contribution in [-0.4, -0.2) is 59.4 Å². The summed E-state index contributed by atoms with van der Waals surface area (Å²) in [6.45, 7) is 15.6. The van der Waals surface area contributed by atoms with E-state index < -0.39 is 17.7 Å². The van der Waals surface area contributed by atoms with Crippen LogP contribution in [0.1, 0.15) is 56.0 Å². The van der Waals surface area contributed by atoms with Gasteiger partial charge in [-0.15, -0.1) is 0 Å². The van der Waals surface area contributed by atoms with E-state index in [1.165, 1.54) is 0 Å². The number of hydrogen-bond acceptors (Lipinski definition) is 5. The molecule has 0 unspecified atom stereocenters. The molecule has 6 heteroatoms. The molecule has 2 aromatic carbocycles. The van der Waals surface area contributed by atoms with Gasteiger partial charge in [-0.25, -0.2) is 0 Å². The molecule has 1 aliphatic rings. The van der Waals surface area contributed by atoms with E-state index in [-0.39, 0.29) is 11.3 Å². The van der Waals surface area contributed by atoms with Crippen LogP contribution in [0.2, 0.25) is 0 Å². The van der Waals surface area contributed by atoms with E-state index in [9.17, 15) is 14.7 Å². The summed E-state index contributed by atoms with van der Waals surface area (Å²) in [5.41, 5.74) is 3.34. The molecule has 6 nitrogen and oxygen atoms in total. The molecular weight excluding hydrogens is 440 g/mol. The highest BCUT2D eigenvalue weighted by atomic mass is 16.5. The average Bonchev–Trinajstić information content (AvgIpc) is 3.08. The number of carbonyl (C=O) groups is 2. The number of rotatable bonds is 10. The van der Waals surface area contributed by atoms with Crippen LogP contribution in [0.4, 0.5) is 0 Å². The fourth-order valence-corrected chi connectivity index (χ4v) is 4.39. The second-order valence-electron chi connectivity index (χ2n) is 9.61. The molecule has 0 aromatic heterocycles. The summed E-state index contributed by atoms with van der Waals surface area (Å²) in [4.78, 5) is 30.3.